The highest BCUT2D eigenvalue weighted by Gasteiger charge is 2.40. The molecule has 4 rings (SSSR count). The predicted molar refractivity (Wildman–Crippen MR) is 147 cm³/mol. The lowest BCUT2D eigenvalue weighted by Gasteiger charge is -2.24. The normalized spacial score (nSPS) is 14.4. The van der Waals surface area contributed by atoms with E-state index in [-0.39, 0.29) is 29.7 Å². The van der Waals surface area contributed by atoms with Crippen LogP contribution in [0.15, 0.2) is 42.1 Å². The third kappa shape index (κ3) is 7.51. The number of aromatic nitrogens is 3. The van der Waals surface area contributed by atoms with E-state index in [0.717, 1.165) is 41.5 Å². The van der Waals surface area contributed by atoms with Crippen LogP contribution in [-0.4, -0.2) is 38.1 Å². The van der Waals surface area contributed by atoms with Gasteiger partial charge in [-0.3, -0.25) is 13.9 Å². The van der Waals surface area contributed by atoms with Crippen LogP contribution < -0.4 is 0 Å². The molecule has 1 aromatic carbocycles. The van der Waals surface area contributed by atoms with E-state index in [1.165, 1.54) is 20.1 Å². The van der Waals surface area contributed by atoms with Crippen molar-refractivity contribution < 1.29 is 26.3 Å². The van der Waals surface area contributed by atoms with Gasteiger partial charge in [-0.2, -0.15) is 26.3 Å². The number of benzene rings is 1. The summed E-state index contributed by atoms with van der Waals surface area (Å²) in [5.74, 6) is -0.0447. The summed E-state index contributed by atoms with van der Waals surface area (Å²) in [6.45, 7) is 8.84. The Bertz CT molecular complexity index is 1350. The molecule has 0 aliphatic heterocycles. The molecule has 2 heterocycles. The van der Waals surface area contributed by atoms with Crippen LogP contribution in [0, 0.1) is 20.8 Å². The molecular weight excluding hydrogens is 554 g/mol. The quantitative estimate of drug-likeness (QED) is 0.257. The van der Waals surface area contributed by atoms with Crippen molar-refractivity contribution >= 4 is 17.4 Å². The first-order valence-corrected chi connectivity index (χ1v) is 13.7. The minimum atomic E-state index is -4.81. The Labute approximate surface area is 235 Å². The molecule has 0 bridgehead atoms. The van der Waals surface area contributed by atoms with E-state index in [0.29, 0.717) is 5.69 Å². The molecule has 0 saturated carbocycles. The van der Waals surface area contributed by atoms with Crippen LogP contribution in [0.4, 0.5) is 26.3 Å². The summed E-state index contributed by atoms with van der Waals surface area (Å²) in [7, 11) is 0. The highest BCUT2D eigenvalue weighted by atomic mass is 35.5. The van der Waals surface area contributed by atoms with E-state index in [2.05, 4.69) is 4.98 Å². The second kappa shape index (κ2) is 12.9. The molecule has 2 aromatic heterocycles. The zero-order valence-electron chi connectivity index (χ0n) is 23.3. The average molecular weight is 589 g/mol. The summed E-state index contributed by atoms with van der Waals surface area (Å²) < 4.78 is 84.7. The molecule has 0 N–H and O–H groups in total. The van der Waals surface area contributed by atoms with Gasteiger partial charge in [0.15, 0.2) is 5.69 Å². The van der Waals surface area contributed by atoms with Gasteiger partial charge in [0.05, 0.1) is 17.8 Å². The molecule has 0 amide bonds. The van der Waals surface area contributed by atoms with E-state index in [1.807, 2.05) is 65.0 Å². The molecule has 11 heteroatoms. The minimum absolute atomic E-state index is 0.0447. The Balaban J connectivity index is 0.00000216. The van der Waals surface area contributed by atoms with Crippen molar-refractivity contribution in [2.24, 2.45) is 0 Å². The number of aryl methyl sites for hydroxylation is 3. The van der Waals surface area contributed by atoms with Gasteiger partial charge in [0.25, 0.3) is 0 Å². The van der Waals surface area contributed by atoms with Gasteiger partial charge < -0.3 is 0 Å². The first-order valence-electron chi connectivity index (χ1n) is 13.3. The lowest BCUT2D eigenvalue weighted by atomic mass is 10.1. The van der Waals surface area contributed by atoms with Crippen LogP contribution in [0.25, 0.3) is 11.5 Å². The van der Waals surface area contributed by atoms with Crippen LogP contribution in [0.3, 0.4) is 0 Å². The van der Waals surface area contributed by atoms with Crippen LogP contribution in [-0.2, 0) is 12.7 Å². The number of alkyl halides is 6. The molecule has 220 valence electrons. The number of hydrogen-bond acceptors (Lipinski definition) is 2. The summed E-state index contributed by atoms with van der Waals surface area (Å²) in [5, 5.41) is 0.147. The first-order chi connectivity index (χ1) is 18.7. The summed E-state index contributed by atoms with van der Waals surface area (Å²) in [4.78, 5) is 5.34. The van der Waals surface area contributed by atoms with Crippen molar-refractivity contribution in [3.8, 4) is 5.69 Å². The second-order valence-corrected chi connectivity index (χ2v) is 10.2. The molecule has 0 atom stereocenters. The summed E-state index contributed by atoms with van der Waals surface area (Å²) in [6, 6.07) is 3.80. The number of nitrogens with zero attached hydrogens (tertiary/aromatic N) is 4. The number of fused-ring (bicyclic) bond motifs is 1. The average Bonchev–Trinajstić information content (AvgIpc) is 3.21. The van der Waals surface area contributed by atoms with Crippen molar-refractivity contribution in [3.63, 3.8) is 0 Å². The van der Waals surface area contributed by atoms with Gasteiger partial charge in [0.1, 0.15) is 5.15 Å². The van der Waals surface area contributed by atoms with E-state index in [9.17, 15) is 26.3 Å². The lowest BCUT2D eigenvalue weighted by Crippen LogP contribution is -2.31. The molecular formula is C29H35ClF6N4. The highest BCUT2D eigenvalue weighted by Crippen LogP contribution is 2.36. The standard InChI is InChI=1S/C27H29ClF6N4.C2H6/c1-17-12-18(2)23(19(3)13-17)38-22(28)16-37-21(24(27(32,33)34)35-25(37)38)15-36(11-10-26(29,30)31)14-20-8-6-4-5-7-9-20;1-2/h6,8-9,12-13,16H,4-5,7,10-11,14-15H2,1-3H3;1-2H3. The highest BCUT2D eigenvalue weighted by molar-refractivity contribution is 6.30. The summed E-state index contributed by atoms with van der Waals surface area (Å²) in [6.07, 6.45) is -0.846. The fourth-order valence-electron chi connectivity index (χ4n) is 5.03. The Hall–Kier alpha value is -2.72. The second-order valence-electron chi connectivity index (χ2n) is 9.80. The Morgan fingerprint density at radius 1 is 0.975 bits per heavy atom. The minimum Gasteiger partial charge on any atom is -0.293 e. The zero-order valence-corrected chi connectivity index (χ0v) is 24.1. The lowest BCUT2D eigenvalue weighted by molar-refractivity contribution is -0.143. The van der Waals surface area contributed by atoms with E-state index in [4.69, 9.17) is 11.6 Å². The molecule has 0 saturated heterocycles. The van der Waals surface area contributed by atoms with Gasteiger partial charge in [-0.25, -0.2) is 4.98 Å². The topological polar surface area (TPSA) is 25.5 Å². The Morgan fingerprint density at radius 2 is 1.62 bits per heavy atom. The van der Waals surface area contributed by atoms with Crippen molar-refractivity contribution in [1.82, 2.24) is 18.9 Å². The van der Waals surface area contributed by atoms with Crippen molar-refractivity contribution in [3.05, 3.63) is 75.4 Å². The molecule has 0 fully saturated rings. The molecule has 0 unspecified atom stereocenters. The van der Waals surface area contributed by atoms with Crippen LogP contribution in [0.2, 0.25) is 5.15 Å². The fraction of sp³-hybridized carbons (Fsp3) is 0.483. The maximum atomic E-state index is 14.2. The molecule has 3 aromatic rings. The van der Waals surface area contributed by atoms with Crippen LogP contribution in [0.5, 0.6) is 0 Å². The van der Waals surface area contributed by atoms with E-state index >= 15 is 0 Å². The SMILES string of the molecule is CC.Cc1cc(C)c(-n2c(Cl)cn3c(CN(CCC(F)(F)F)CC4=CCCCC=C4)c(C(F)(F)F)nc23)c(C)c1. The van der Waals surface area contributed by atoms with Gasteiger partial charge in [0.2, 0.25) is 5.78 Å². The molecule has 1 aliphatic carbocycles. The monoisotopic (exact) mass is 588 g/mol. The number of halogens is 7. The van der Waals surface area contributed by atoms with Gasteiger partial charge in [-0.1, -0.05) is 61.4 Å². The van der Waals surface area contributed by atoms with Gasteiger partial charge in [-0.15, -0.1) is 0 Å². The number of hydrogen-bond donors (Lipinski definition) is 0. The molecule has 0 radical (unpaired) electrons. The molecule has 4 nitrogen and oxygen atoms in total. The third-order valence-corrected chi connectivity index (χ3v) is 6.84. The maximum absolute atomic E-state index is 14.2. The van der Waals surface area contributed by atoms with Crippen LogP contribution >= 0.6 is 11.6 Å². The fourth-order valence-corrected chi connectivity index (χ4v) is 5.29. The van der Waals surface area contributed by atoms with Gasteiger partial charge >= 0.3 is 12.4 Å². The van der Waals surface area contributed by atoms with Crippen LogP contribution in [0.1, 0.15) is 67.6 Å². The molecule has 0 spiro atoms. The zero-order chi connectivity index (χ0) is 29.8. The number of imidazole rings is 2. The van der Waals surface area contributed by atoms with Crippen molar-refractivity contribution in [1.29, 1.82) is 0 Å². The van der Waals surface area contributed by atoms with Crippen molar-refractivity contribution in [2.75, 3.05) is 13.1 Å². The van der Waals surface area contributed by atoms with E-state index < -0.39 is 31.0 Å². The van der Waals surface area contributed by atoms with Gasteiger partial charge in [0, 0.05) is 25.8 Å². The third-order valence-electron chi connectivity index (χ3n) is 6.57. The summed E-state index contributed by atoms with van der Waals surface area (Å²) in [5.41, 5.74) is 2.60. The van der Waals surface area contributed by atoms with E-state index in [1.54, 1.807) is 0 Å². The van der Waals surface area contributed by atoms with Gasteiger partial charge in [-0.05, 0) is 56.7 Å². The first kappa shape index (κ1) is 31.8. The number of rotatable bonds is 7. The molecule has 1 aliphatic rings. The Morgan fingerprint density at radius 3 is 2.23 bits per heavy atom. The number of allylic oxidation sites excluding steroid dienone is 2. The molecule has 40 heavy (non-hydrogen) atoms. The van der Waals surface area contributed by atoms with Crippen molar-refractivity contribution in [2.45, 2.75) is 79.2 Å². The largest absolute Gasteiger partial charge is 0.435 e. The maximum Gasteiger partial charge on any atom is 0.435 e. The predicted octanol–water partition coefficient (Wildman–Crippen LogP) is 9.17. The Kier molecular flexibility index (Phi) is 10.2. The smallest absolute Gasteiger partial charge is 0.293 e. The summed E-state index contributed by atoms with van der Waals surface area (Å²) >= 11 is 6.54.